The van der Waals surface area contributed by atoms with E-state index in [1.54, 1.807) is 6.07 Å². The average molecular weight is 548 g/mol. The first kappa shape index (κ1) is 25.5. The van der Waals surface area contributed by atoms with E-state index in [0.717, 1.165) is 10.2 Å². The summed E-state index contributed by atoms with van der Waals surface area (Å²) in [5.74, 6) is -0.102. The van der Waals surface area contributed by atoms with Crippen LogP contribution in [-0.2, 0) is 25.2 Å². The summed E-state index contributed by atoms with van der Waals surface area (Å²) in [6.07, 6.45) is -3.22. The molecule has 162 valence electrons. The smallest absolute Gasteiger partial charge is 0.356 e. The number of benzene rings is 1. The van der Waals surface area contributed by atoms with Crippen LogP contribution < -0.4 is 10.6 Å². The highest BCUT2D eigenvalue weighted by Gasteiger charge is 2.36. The quantitative estimate of drug-likeness (QED) is 0.251. The molecule has 0 unspecified atom stereocenters. The number of rotatable bonds is 5. The van der Waals surface area contributed by atoms with Crippen LogP contribution in [0.3, 0.4) is 0 Å². The monoisotopic (exact) mass is 547 g/mol. The van der Waals surface area contributed by atoms with Gasteiger partial charge in [0, 0.05) is 49.4 Å². The van der Waals surface area contributed by atoms with Gasteiger partial charge < -0.3 is 10.6 Å². The molecule has 0 spiro atoms. The maximum Gasteiger partial charge on any atom is 0.435 e. The molecule has 1 heterocycles. The summed E-state index contributed by atoms with van der Waals surface area (Å²) in [7, 11) is 2.95. The average Bonchev–Trinajstić information content (AvgIpc) is 2.95. The molecule has 0 aliphatic heterocycles. The van der Waals surface area contributed by atoms with Crippen molar-refractivity contribution in [3.8, 4) is 0 Å². The zero-order valence-electron chi connectivity index (χ0n) is 16.4. The normalized spacial score (nSPS) is 12.5. The largest absolute Gasteiger partial charge is 0.435 e. The summed E-state index contributed by atoms with van der Waals surface area (Å²) in [5, 5.41) is 9.69. The Bertz CT molecular complexity index is 864. The van der Waals surface area contributed by atoms with Crippen LogP contribution >= 0.6 is 35.6 Å². The first-order valence-electron chi connectivity index (χ1n) is 8.44. The van der Waals surface area contributed by atoms with Gasteiger partial charge in [-0.3, -0.25) is 9.67 Å². The Balaban J connectivity index is 0.00000420. The molecule has 0 bridgehead atoms. The number of guanidine groups is 1. The first-order chi connectivity index (χ1) is 12.9. The molecule has 0 atom stereocenters. The minimum atomic E-state index is -4.53. The third-order valence-electron chi connectivity index (χ3n) is 4.20. The van der Waals surface area contributed by atoms with Gasteiger partial charge in [0.15, 0.2) is 11.7 Å². The summed E-state index contributed by atoms with van der Waals surface area (Å²) < 4.78 is 53.5. The highest BCUT2D eigenvalue weighted by atomic mass is 127. The molecule has 0 fully saturated rings. The van der Waals surface area contributed by atoms with Gasteiger partial charge in [0.1, 0.15) is 5.82 Å². The van der Waals surface area contributed by atoms with Crippen LogP contribution in [0.2, 0.25) is 5.02 Å². The molecule has 0 amide bonds. The van der Waals surface area contributed by atoms with Gasteiger partial charge in [-0.25, -0.2) is 4.39 Å². The van der Waals surface area contributed by atoms with Gasteiger partial charge in [0.25, 0.3) is 0 Å². The van der Waals surface area contributed by atoms with Crippen molar-refractivity contribution in [1.29, 1.82) is 0 Å². The van der Waals surface area contributed by atoms with Crippen LogP contribution in [0, 0.1) is 5.82 Å². The lowest BCUT2D eigenvalue weighted by atomic mass is 9.84. The van der Waals surface area contributed by atoms with Crippen LogP contribution in [0.4, 0.5) is 17.6 Å². The Morgan fingerprint density at radius 3 is 2.45 bits per heavy atom. The van der Waals surface area contributed by atoms with E-state index in [1.807, 2.05) is 13.8 Å². The van der Waals surface area contributed by atoms with Gasteiger partial charge in [-0.15, -0.1) is 24.0 Å². The van der Waals surface area contributed by atoms with Crippen LogP contribution in [-0.4, -0.2) is 29.3 Å². The molecule has 0 aliphatic carbocycles. The molecule has 0 saturated heterocycles. The Morgan fingerprint density at radius 1 is 1.24 bits per heavy atom. The highest BCUT2D eigenvalue weighted by Crippen LogP contribution is 2.31. The second-order valence-electron chi connectivity index (χ2n) is 6.96. The van der Waals surface area contributed by atoms with E-state index in [-0.39, 0.29) is 36.1 Å². The number of nitrogens with one attached hydrogen (secondary N) is 2. The van der Waals surface area contributed by atoms with Gasteiger partial charge in [-0.05, 0) is 17.7 Å². The maximum atomic E-state index is 13.3. The van der Waals surface area contributed by atoms with Gasteiger partial charge >= 0.3 is 6.18 Å². The predicted molar refractivity (Wildman–Crippen MR) is 116 cm³/mol. The van der Waals surface area contributed by atoms with E-state index in [2.05, 4.69) is 20.7 Å². The van der Waals surface area contributed by atoms with Crippen molar-refractivity contribution in [3.63, 3.8) is 0 Å². The molecule has 11 heteroatoms. The van der Waals surface area contributed by atoms with Crippen LogP contribution in [0.25, 0.3) is 0 Å². The Morgan fingerprint density at radius 2 is 1.90 bits per heavy atom. The summed E-state index contributed by atoms with van der Waals surface area (Å²) in [4.78, 5) is 4.03. The number of aryl methyl sites for hydroxylation is 1. The number of aromatic nitrogens is 2. The van der Waals surface area contributed by atoms with Gasteiger partial charge in [0.05, 0.1) is 0 Å². The molecule has 0 saturated carbocycles. The molecule has 2 N–H and O–H groups in total. The van der Waals surface area contributed by atoms with Crippen LogP contribution in [0.1, 0.15) is 30.7 Å². The number of alkyl halides is 3. The van der Waals surface area contributed by atoms with Crippen molar-refractivity contribution in [2.24, 2.45) is 12.0 Å². The standard InChI is InChI=1S/C18H22ClF4N5.HI/c1-17(2,13-6-5-12(20)7-14(13)19)10-26-16(24-3)25-8-11-9-28(4)27-15(11)18(21,22)23;/h5-7,9H,8,10H2,1-4H3,(H2,24,25,26);1H. The lowest BCUT2D eigenvalue weighted by Crippen LogP contribution is -2.43. The molecular weight excluding hydrogens is 525 g/mol. The molecule has 2 aromatic rings. The number of nitrogens with zero attached hydrogens (tertiary/aromatic N) is 3. The highest BCUT2D eigenvalue weighted by molar-refractivity contribution is 14.0. The number of hydrogen-bond donors (Lipinski definition) is 2. The van der Waals surface area contributed by atoms with Gasteiger partial charge in [-0.2, -0.15) is 18.3 Å². The molecule has 2 rings (SSSR count). The summed E-state index contributed by atoms with van der Waals surface area (Å²) in [5.41, 5.74) is -0.659. The van der Waals surface area contributed by atoms with Crippen molar-refractivity contribution >= 4 is 41.5 Å². The second-order valence-corrected chi connectivity index (χ2v) is 7.37. The van der Waals surface area contributed by atoms with E-state index in [9.17, 15) is 17.6 Å². The Hall–Kier alpha value is -1.56. The second kappa shape index (κ2) is 9.96. The van der Waals surface area contributed by atoms with E-state index < -0.39 is 23.1 Å². The lowest BCUT2D eigenvalue weighted by Gasteiger charge is -2.27. The first-order valence-corrected chi connectivity index (χ1v) is 8.81. The van der Waals surface area contributed by atoms with Crippen LogP contribution in [0.15, 0.2) is 29.4 Å². The number of hydrogen-bond acceptors (Lipinski definition) is 2. The number of halogens is 6. The zero-order valence-corrected chi connectivity index (χ0v) is 19.4. The fourth-order valence-electron chi connectivity index (χ4n) is 2.74. The Labute approximate surface area is 188 Å². The zero-order chi connectivity index (χ0) is 21.1. The minimum Gasteiger partial charge on any atom is -0.356 e. The van der Waals surface area contributed by atoms with E-state index >= 15 is 0 Å². The molecule has 1 aromatic heterocycles. The summed E-state index contributed by atoms with van der Waals surface area (Å²) in [6, 6.07) is 4.19. The third-order valence-corrected chi connectivity index (χ3v) is 4.51. The fraction of sp³-hybridized carbons (Fsp3) is 0.444. The molecule has 29 heavy (non-hydrogen) atoms. The van der Waals surface area contributed by atoms with E-state index in [4.69, 9.17) is 11.6 Å². The molecule has 1 aromatic carbocycles. The van der Waals surface area contributed by atoms with Crippen LogP contribution in [0.5, 0.6) is 0 Å². The van der Waals surface area contributed by atoms with Crippen molar-refractivity contribution < 1.29 is 17.6 Å². The van der Waals surface area contributed by atoms with E-state index in [1.165, 1.54) is 32.4 Å². The number of aliphatic imine (C=N–C) groups is 1. The molecular formula is C18H23ClF4IN5. The minimum absolute atomic E-state index is 0. The molecule has 0 radical (unpaired) electrons. The lowest BCUT2D eigenvalue weighted by molar-refractivity contribution is -0.142. The summed E-state index contributed by atoms with van der Waals surface area (Å²) in [6.45, 7) is 4.10. The van der Waals surface area contributed by atoms with Crippen molar-refractivity contribution in [1.82, 2.24) is 20.4 Å². The SMILES string of the molecule is CN=C(NCc1cn(C)nc1C(F)(F)F)NCC(C)(C)c1ccc(F)cc1Cl.I. The van der Waals surface area contributed by atoms with Gasteiger partial charge in [-0.1, -0.05) is 31.5 Å². The van der Waals surface area contributed by atoms with Crippen molar-refractivity contribution in [2.45, 2.75) is 32.0 Å². The fourth-order valence-corrected chi connectivity index (χ4v) is 3.17. The molecule has 5 nitrogen and oxygen atoms in total. The third kappa shape index (κ3) is 6.73. The predicted octanol–water partition coefficient (Wildman–Crippen LogP) is 4.49. The molecule has 0 aliphatic rings. The van der Waals surface area contributed by atoms with Crippen molar-refractivity contribution in [3.05, 3.63) is 52.1 Å². The van der Waals surface area contributed by atoms with Gasteiger partial charge in [0.2, 0.25) is 0 Å². The van der Waals surface area contributed by atoms with Crippen molar-refractivity contribution in [2.75, 3.05) is 13.6 Å². The van der Waals surface area contributed by atoms with E-state index in [0.29, 0.717) is 17.5 Å². The maximum absolute atomic E-state index is 13.3. The Kier molecular flexibility index (Phi) is 8.75. The summed E-state index contributed by atoms with van der Waals surface area (Å²) >= 11 is 6.14. The topological polar surface area (TPSA) is 54.2 Å².